The predicted octanol–water partition coefficient (Wildman–Crippen LogP) is 0.0523. The largest absolute Gasteiger partial charge is 0.341 e. The summed E-state index contributed by atoms with van der Waals surface area (Å²) in [6.07, 6.45) is 0. The van der Waals surface area contributed by atoms with Crippen LogP contribution in [0.3, 0.4) is 0 Å². The molecule has 1 saturated heterocycles. The van der Waals surface area contributed by atoms with Crippen molar-refractivity contribution in [2.45, 2.75) is 26.8 Å². The van der Waals surface area contributed by atoms with Gasteiger partial charge in [-0.2, -0.15) is 0 Å². The van der Waals surface area contributed by atoms with Gasteiger partial charge in [-0.1, -0.05) is 13.8 Å². The third kappa shape index (κ3) is 3.80. The lowest BCUT2D eigenvalue weighted by Crippen LogP contribution is -2.57. The molecule has 1 rings (SSSR count). The number of piperazine rings is 1. The van der Waals surface area contributed by atoms with E-state index < -0.39 is 0 Å². The molecule has 0 spiro atoms. The molecule has 0 bridgehead atoms. The van der Waals surface area contributed by atoms with Crippen molar-refractivity contribution in [2.24, 2.45) is 5.92 Å². The van der Waals surface area contributed by atoms with E-state index in [1.54, 1.807) is 0 Å². The van der Waals surface area contributed by atoms with Gasteiger partial charge in [-0.15, -0.1) is 0 Å². The van der Waals surface area contributed by atoms with Gasteiger partial charge in [0.2, 0.25) is 5.91 Å². The Labute approximate surface area is 92.4 Å². The average Bonchev–Trinajstić information content (AvgIpc) is 2.26. The molecule has 2 N–H and O–H groups in total. The van der Waals surface area contributed by atoms with Crippen LogP contribution in [-0.4, -0.2) is 49.6 Å². The van der Waals surface area contributed by atoms with E-state index >= 15 is 0 Å². The molecule has 0 aromatic carbocycles. The minimum Gasteiger partial charge on any atom is -0.341 e. The van der Waals surface area contributed by atoms with Crippen LogP contribution in [0, 0.1) is 5.92 Å². The van der Waals surface area contributed by atoms with Crippen LogP contribution in [0.1, 0.15) is 20.8 Å². The van der Waals surface area contributed by atoms with E-state index in [1.807, 2.05) is 11.8 Å². The molecule has 0 aliphatic carbocycles. The molecule has 1 atom stereocenters. The van der Waals surface area contributed by atoms with Crippen molar-refractivity contribution >= 4 is 5.91 Å². The Morgan fingerprint density at radius 2 is 2.20 bits per heavy atom. The van der Waals surface area contributed by atoms with Crippen LogP contribution < -0.4 is 10.6 Å². The maximum atomic E-state index is 12.1. The first kappa shape index (κ1) is 12.5. The maximum Gasteiger partial charge on any atom is 0.241 e. The molecule has 1 unspecified atom stereocenters. The van der Waals surface area contributed by atoms with Crippen molar-refractivity contribution in [3.8, 4) is 0 Å². The highest BCUT2D eigenvalue weighted by molar-refractivity contribution is 5.82. The second kappa shape index (κ2) is 6.08. The Morgan fingerprint density at radius 3 is 2.67 bits per heavy atom. The van der Waals surface area contributed by atoms with Crippen LogP contribution in [0.5, 0.6) is 0 Å². The summed E-state index contributed by atoms with van der Waals surface area (Å²) in [7, 11) is 0. The number of carbonyl (C=O) groups excluding carboxylic acids is 1. The summed E-state index contributed by atoms with van der Waals surface area (Å²) in [4.78, 5) is 14.0. The van der Waals surface area contributed by atoms with Crippen LogP contribution in [0.25, 0.3) is 0 Å². The molecule has 1 fully saturated rings. The van der Waals surface area contributed by atoms with Crippen LogP contribution in [0.2, 0.25) is 0 Å². The van der Waals surface area contributed by atoms with Crippen molar-refractivity contribution in [2.75, 3.05) is 32.7 Å². The Balaban J connectivity index is 2.47. The fraction of sp³-hybridized carbons (Fsp3) is 0.909. The monoisotopic (exact) mass is 213 g/mol. The highest BCUT2D eigenvalue weighted by Crippen LogP contribution is 2.02. The van der Waals surface area contributed by atoms with Crippen molar-refractivity contribution in [3.05, 3.63) is 0 Å². The van der Waals surface area contributed by atoms with E-state index in [0.717, 1.165) is 32.7 Å². The van der Waals surface area contributed by atoms with Crippen molar-refractivity contribution in [1.82, 2.24) is 15.5 Å². The topological polar surface area (TPSA) is 44.4 Å². The van der Waals surface area contributed by atoms with E-state index in [-0.39, 0.29) is 11.9 Å². The lowest BCUT2D eigenvalue weighted by atomic mass is 10.1. The summed E-state index contributed by atoms with van der Waals surface area (Å²) in [6, 6.07) is -0.0301. The number of nitrogens with zero attached hydrogens (tertiary/aromatic N) is 1. The third-order valence-corrected chi connectivity index (χ3v) is 2.62. The molecule has 1 aliphatic rings. The molecule has 15 heavy (non-hydrogen) atoms. The molecular formula is C11H23N3O. The predicted molar refractivity (Wildman–Crippen MR) is 61.8 cm³/mol. The zero-order chi connectivity index (χ0) is 11.3. The number of rotatable bonds is 4. The lowest BCUT2D eigenvalue weighted by Gasteiger charge is -2.30. The van der Waals surface area contributed by atoms with Gasteiger partial charge in [-0.05, 0) is 12.8 Å². The van der Waals surface area contributed by atoms with Gasteiger partial charge in [0.05, 0.1) is 6.04 Å². The summed E-state index contributed by atoms with van der Waals surface area (Å²) in [5, 5.41) is 6.49. The highest BCUT2D eigenvalue weighted by Gasteiger charge is 2.24. The molecule has 4 heteroatoms. The Hall–Kier alpha value is -0.610. The smallest absolute Gasteiger partial charge is 0.241 e. The zero-order valence-electron chi connectivity index (χ0n) is 10.0. The summed E-state index contributed by atoms with van der Waals surface area (Å²) in [5.74, 6) is 0.767. The molecule has 0 radical (unpaired) electrons. The van der Waals surface area contributed by atoms with Crippen LogP contribution in [0.15, 0.2) is 0 Å². The van der Waals surface area contributed by atoms with E-state index in [9.17, 15) is 4.79 Å². The molecule has 0 aromatic rings. The van der Waals surface area contributed by atoms with Crippen LogP contribution in [-0.2, 0) is 4.79 Å². The lowest BCUT2D eigenvalue weighted by molar-refractivity contribution is -0.134. The minimum atomic E-state index is -0.0301. The van der Waals surface area contributed by atoms with Gasteiger partial charge in [0.1, 0.15) is 0 Å². The van der Waals surface area contributed by atoms with Gasteiger partial charge in [0.15, 0.2) is 0 Å². The second-order valence-electron chi connectivity index (χ2n) is 4.48. The van der Waals surface area contributed by atoms with Crippen LogP contribution in [0.4, 0.5) is 0 Å². The maximum absolute atomic E-state index is 12.1. The zero-order valence-corrected chi connectivity index (χ0v) is 10.0. The third-order valence-electron chi connectivity index (χ3n) is 2.62. The first-order valence-electron chi connectivity index (χ1n) is 5.88. The minimum absolute atomic E-state index is 0.0301. The number of amides is 1. The summed E-state index contributed by atoms with van der Waals surface area (Å²) in [6.45, 7) is 10.6. The molecule has 88 valence electrons. The molecule has 4 nitrogen and oxygen atoms in total. The van der Waals surface area contributed by atoms with E-state index in [2.05, 4.69) is 24.5 Å². The van der Waals surface area contributed by atoms with Crippen molar-refractivity contribution in [1.29, 1.82) is 0 Å². The van der Waals surface area contributed by atoms with E-state index in [1.165, 1.54) is 0 Å². The first-order valence-corrected chi connectivity index (χ1v) is 5.88. The van der Waals surface area contributed by atoms with Gasteiger partial charge in [0.25, 0.3) is 0 Å². The SMILES string of the molecule is CCN(CC(C)C)C(=O)C1CNCCN1. The second-order valence-corrected chi connectivity index (χ2v) is 4.48. The van der Waals surface area contributed by atoms with E-state index in [4.69, 9.17) is 0 Å². The fourth-order valence-corrected chi connectivity index (χ4v) is 1.86. The first-order chi connectivity index (χ1) is 7.15. The summed E-state index contributed by atoms with van der Waals surface area (Å²) >= 11 is 0. The van der Waals surface area contributed by atoms with Crippen molar-refractivity contribution < 1.29 is 4.79 Å². The molecule has 1 aliphatic heterocycles. The number of hydrogen-bond donors (Lipinski definition) is 2. The van der Waals surface area contributed by atoms with E-state index in [0.29, 0.717) is 5.92 Å². The van der Waals surface area contributed by atoms with Crippen LogP contribution >= 0.6 is 0 Å². The fourth-order valence-electron chi connectivity index (χ4n) is 1.86. The van der Waals surface area contributed by atoms with Gasteiger partial charge in [-0.3, -0.25) is 4.79 Å². The average molecular weight is 213 g/mol. The highest BCUT2D eigenvalue weighted by atomic mass is 16.2. The number of carbonyl (C=O) groups is 1. The quantitative estimate of drug-likeness (QED) is 0.694. The summed E-state index contributed by atoms with van der Waals surface area (Å²) in [5.41, 5.74) is 0. The molecule has 1 amide bonds. The number of nitrogens with one attached hydrogen (secondary N) is 2. The molecule has 0 aromatic heterocycles. The number of likely N-dealkylation sites (N-methyl/N-ethyl adjacent to an activating group) is 1. The normalized spacial score (nSPS) is 21.7. The molecule has 1 heterocycles. The van der Waals surface area contributed by atoms with Gasteiger partial charge < -0.3 is 15.5 Å². The Bertz CT molecular complexity index is 200. The van der Waals surface area contributed by atoms with Gasteiger partial charge >= 0.3 is 0 Å². The standard InChI is InChI=1S/C11H23N3O/c1-4-14(8-9(2)3)11(15)10-7-12-5-6-13-10/h9-10,12-13H,4-8H2,1-3H3. The Kier molecular flexibility index (Phi) is 5.05. The van der Waals surface area contributed by atoms with Gasteiger partial charge in [0, 0.05) is 32.7 Å². The molecule has 0 saturated carbocycles. The number of hydrogen-bond acceptors (Lipinski definition) is 3. The summed E-state index contributed by atoms with van der Waals surface area (Å²) < 4.78 is 0. The van der Waals surface area contributed by atoms with Gasteiger partial charge in [-0.25, -0.2) is 0 Å². The Morgan fingerprint density at radius 1 is 1.47 bits per heavy atom. The van der Waals surface area contributed by atoms with Crippen molar-refractivity contribution in [3.63, 3.8) is 0 Å². The molecular weight excluding hydrogens is 190 g/mol.